The second-order valence-corrected chi connectivity index (χ2v) is 5.16. The lowest BCUT2D eigenvalue weighted by atomic mass is 10.0. The summed E-state index contributed by atoms with van der Waals surface area (Å²) in [5, 5.41) is 3.49. The largest absolute Gasteiger partial charge is 0.445 e. The van der Waals surface area contributed by atoms with Crippen LogP contribution in [0.1, 0.15) is 12.5 Å². The highest BCUT2D eigenvalue weighted by Gasteiger charge is 2.29. The number of rotatable bonds is 4. The van der Waals surface area contributed by atoms with Gasteiger partial charge in [0.15, 0.2) is 0 Å². The summed E-state index contributed by atoms with van der Waals surface area (Å²) in [7, 11) is 0. The number of amides is 1. The summed E-state index contributed by atoms with van der Waals surface area (Å²) >= 11 is 0. The van der Waals surface area contributed by atoms with Crippen molar-refractivity contribution in [2.45, 2.75) is 25.4 Å². The molecule has 1 N–H and O–H groups in total. The molecule has 1 aliphatic rings. The van der Waals surface area contributed by atoms with Gasteiger partial charge >= 0.3 is 6.09 Å². The molecule has 0 saturated carbocycles. The second-order valence-electron chi connectivity index (χ2n) is 5.16. The summed E-state index contributed by atoms with van der Waals surface area (Å²) in [5.74, 6) is 0. The van der Waals surface area contributed by atoms with Gasteiger partial charge in [-0.1, -0.05) is 43.0 Å². The van der Waals surface area contributed by atoms with Gasteiger partial charge in [-0.15, -0.1) is 0 Å². The average Bonchev–Trinajstić information content (AvgIpc) is 2.48. The maximum absolute atomic E-state index is 12.0. The molecule has 1 aromatic rings. The van der Waals surface area contributed by atoms with E-state index in [9.17, 15) is 4.79 Å². The molecule has 4 nitrogen and oxygen atoms in total. The molecule has 1 heterocycles. The molecule has 0 aliphatic carbocycles. The van der Waals surface area contributed by atoms with E-state index in [2.05, 4.69) is 24.0 Å². The summed E-state index contributed by atoms with van der Waals surface area (Å²) in [6.07, 6.45) is 2.25. The molecule has 0 aromatic heterocycles. The van der Waals surface area contributed by atoms with E-state index >= 15 is 0 Å². The molecule has 2 atom stereocenters. The lowest BCUT2D eigenvalue weighted by Gasteiger charge is -2.38. The van der Waals surface area contributed by atoms with E-state index in [0.29, 0.717) is 6.54 Å². The molecule has 1 fully saturated rings. The van der Waals surface area contributed by atoms with Crippen LogP contribution in [0.15, 0.2) is 43.0 Å². The first-order valence-electron chi connectivity index (χ1n) is 7.02. The van der Waals surface area contributed by atoms with Crippen LogP contribution >= 0.6 is 0 Å². The maximum atomic E-state index is 12.0. The highest BCUT2D eigenvalue weighted by molar-refractivity contribution is 5.68. The highest BCUT2D eigenvalue weighted by Crippen LogP contribution is 2.12. The van der Waals surface area contributed by atoms with E-state index in [4.69, 9.17) is 4.74 Å². The number of nitrogens with zero attached hydrogens (tertiary/aromatic N) is 1. The van der Waals surface area contributed by atoms with Crippen LogP contribution in [-0.2, 0) is 11.2 Å². The molecule has 4 heteroatoms. The van der Waals surface area contributed by atoms with Gasteiger partial charge in [0.05, 0.1) is 0 Å². The van der Waals surface area contributed by atoms with Gasteiger partial charge in [-0.2, -0.15) is 0 Å². The van der Waals surface area contributed by atoms with Crippen LogP contribution < -0.4 is 5.32 Å². The Labute approximate surface area is 120 Å². The zero-order valence-electron chi connectivity index (χ0n) is 11.9. The van der Waals surface area contributed by atoms with E-state index in [0.717, 1.165) is 13.0 Å². The van der Waals surface area contributed by atoms with Crippen LogP contribution in [0.4, 0.5) is 4.79 Å². The standard InChI is InChI=1S/C16H22N2O2/c1-3-9-20-16(19)18-12-15(17-11-13(18)2)10-14-7-5-4-6-8-14/h3-8,13,15,17H,1,9-12H2,2H3. The summed E-state index contributed by atoms with van der Waals surface area (Å²) < 4.78 is 5.14. The molecule has 0 radical (unpaired) electrons. The molecule has 108 valence electrons. The first-order valence-corrected chi connectivity index (χ1v) is 7.02. The van der Waals surface area contributed by atoms with E-state index in [1.165, 1.54) is 5.56 Å². The molecule has 0 bridgehead atoms. The Morgan fingerprint density at radius 3 is 2.95 bits per heavy atom. The fourth-order valence-corrected chi connectivity index (χ4v) is 2.43. The molecule has 20 heavy (non-hydrogen) atoms. The molecule has 1 saturated heterocycles. The number of ether oxygens (including phenoxy) is 1. The van der Waals surface area contributed by atoms with Gasteiger partial charge in [-0.25, -0.2) is 4.79 Å². The monoisotopic (exact) mass is 274 g/mol. The van der Waals surface area contributed by atoms with Gasteiger partial charge in [-0.05, 0) is 18.9 Å². The molecule has 2 unspecified atom stereocenters. The summed E-state index contributed by atoms with van der Waals surface area (Å²) in [6, 6.07) is 10.7. The van der Waals surface area contributed by atoms with Gasteiger partial charge < -0.3 is 15.0 Å². The van der Waals surface area contributed by atoms with E-state index in [-0.39, 0.29) is 24.8 Å². The van der Waals surface area contributed by atoms with Crippen LogP contribution in [0.5, 0.6) is 0 Å². The molecule has 1 aliphatic heterocycles. The topological polar surface area (TPSA) is 41.6 Å². The Bertz CT molecular complexity index is 447. The van der Waals surface area contributed by atoms with Crippen molar-refractivity contribution in [3.05, 3.63) is 48.6 Å². The molecular weight excluding hydrogens is 252 g/mol. The highest BCUT2D eigenvalue weighted by atomic mass is 16.6. The Hall–Kier alpha value is -1.81. The second kappa shape index (κ2) is 7.10. The van der Waals surface area contributed by atoms with Crippen molar-refractivity contribution >= 4 is 6.09 Å². The molecule has 1 amide bonds. The predicted octanol–water partition coefficient (Wildman–Crippen LogP) is 2.21. The minimum absolute atomic E-state index is 0.152. The predicted molar refractivity (Wildman–Crippen MR) is 79.6 cm³/mol. The van der Waals surface area contributed by atoms with Crippen LogP contribution in [0, 0.1) is 0 Å². The smallest absolute Gasteiger partial charge is 0.410 e. The fourth-order valence-electron chi connectivity index (χ4n) is 2.43. The third-order valence-electron chi connectivity index (χ3n) is 3.54. The van der Waals surface area contributed by atoms with Gasteiger partial charge in [-0.3, -0.25) is 0 Å². The number of benzene rings is 1. The van der Waals surface area contributed by atoms with Crippen LogP contribution in [0.3, 0.4) is 0 Å². The summed E-state index contributed by atoms with van der Waals surface area (Å²) in [4.78, 5) is 13.8. The molecule has 1 aromatic carbocycles. The summed E-state index contributed by atoms with van der Waals surface area (Å²) in [5.41, 5.74) is 1.28. The van der Waals surface area contributed by atoms with E-state index in [1.807, 2.05) is 25.1 Å². The Kier molecular flexibility index (Phi) is 5.18. The van der Waals surface area contributed by atoms with Crippen LogP contribution in [0.2, 0.25) is 0 Å². The van der Waals surface area contributed by atoms with Crippen molar-refractivity contribution < 1.29 is 9.53 Å². The number of piperazine rings is 1. The number of hydrogen-bond donors (Lipinski definition) is 1. The molecular formula is C16H22N2O2. The normalized spacial score (nSPS) is 22.4. The quantitative estimate of drug-likeness (QED) is 0.856. The third-order valence-corrected chi connectivity index (χ3v) is 3.54. The van der Waals surface area contributed by atoms with E-state index in [1.54, 1.807) is 11.0 Å². The number of nitrogens with one attached hydrogen (secondary N) is 1. The van der Waals surface area contributed by atoms with Crippen LogP contribution in [0.25, 0.3) is 0 Å². The minimum atomic E-state index is -0.253. The Morgan fingerprint density at radius 2 is 2.25 bits per heavy atom. The first-order chi connectivity index (χ1) is 9.70. The van der Waals surface area contributed by atoms with Crippen molar-refractivity contribution in [3.63, 3.8) is 0 Å². The number of carbonyl (C=O) groups is 1. The lowest BCUT2D eigenvalue weighted by molar-refractivity contribution is 0.0793. The minimum Gasteiger partial charge on any atom is -0.445 e. The van der Waals surface area contributed by atoms with Crippen molar-refractivity contribution in [1.82, 2.24) is 10.2 Å². The van der Waals surface area contributed by atoms with Gasteiger partial charge in [0.25, 0.3) is 0 Å². The first kappa shape index (κ1) is 14.6. The Morgan fingerprint density at radius 1 is 1.50 bits per heavy atom. The summed E-state index contributed by atoms with van der Waals surface area (Å²) in [6.45, 7) is 7.32. The van der Waals surface area contributed by atoms with Crippen LogP contribution in [-0.4, -0.2) is 42.8 Å². The zero-order chi connectivity index (χ0) is 14.4. The molecule has 2 rings (SSSR count). The van der Waals surface area contributed by atoms with Crippen molar-refractivity contribution in [2.24, 2.45) is 0 Å². The van der Waals surface area contributed by atoms with E-state index < -0.39 is 0 Å². The van der Waals surface area contributed by atoms with Gasteiger partial charge in [0, 0.05) is 25.2 Å². The van der Waals surface area contributed by atoms with Gasteiger partial charge in [0.1, 0.15) is 6.61 Å². The zero-order valence-corrected chi connectivity index (χ0v) is 11.9. The SMILES string of the molecule is C=CCOC(=O)N1CC(Cc2ccccc2)NCC1C. The number of carbonyl (C=O) groups excluding carboxylic acids is 1. The third kappa shape index (κ3) is 3.84. The lowest BCUT2D eigenvalue weighted by Crippen LogP contribution is -2.58. The Balaban J connectivity index is 1.93. The van der Waals surface area contributed by atoms with Crippen molar-refractivity contribution in [3.8, 4) is 0 Å². The average molecular weight is 274 g/mol. The maximum Gasteiger partial charge on any atom is 0.410 e. The van der Waals surface area contributed by atoms with Crippen molar-refractivity contribution in [1.29, 1.82) is 0 Å². The van der Waals surface area contributed by atoms with Crippen molar-refractivity contribution in [2.75, 3.05) is 19.7 Å². The van der Waals surface area contributed by atoms with Gasteiger partial charge in [0.2, 0.25) is 0 Å². The number of hydrogen-bond acceptors (Lipinski definition) is 3. The molecule has 0 spiro atoms. The fraction of sp³-hybridized carbons (Fsp3) is 0.438.